The number of hydrogen-bond acceptors (Lipinski definition) is 3. The van der Waals surface area contributed by atoms with Gasteiger partial charge in [-0.3, -0.25) is 0 Å². The molecule has 3 heteroatoms. The molecule has 0 atom stereocenters. The standard InChI is InChI=1S/C61H42N2S/c1-61(2)53-25-13-11-23-51(53)59-49(24-15-26-54(59)61)40-28-30-41(31-29-40)55-38-56(63-60(62-55)42-18-7-4-8-19-42)46-35-44(43-32-33-58-52(37-43)50-22-12-14-27-57(50)64-58)34-45(36-46)48-21-10-9-20-47(48)39-16-5-3-6-17-39/h3-38H,1-2H3. The van der Waals surface area contributed by atoms with Crippen LogP contribution in [0.1, 0.15) is 25.0 Å². The van der Waals surface area contributed by atoms with Crippen molar-refractivity contribution in [2.75, 3.05) is 0 Å². The Labute approximate surface area is 377 Å². The van der Waals surface area contributed by atoms with Crippen molar-refractivity contribution < 1.29 is 0 Å². The van der Waals surface area contributed by atoms with E-state index in [0.29, 0.717) is 5.82 Å². The van der Waals surface area contributed by atoms with Gasteiger partial charge in [0.15, 0.2) is 5.82 Å². The fourth-order valence-electron chi connectivity index (χ4n) is 9.88. The maximum Gasteiger partial charge on any atom is 0.160 e. The van der Waals surface area contributed by atoms with Crippen LogP contribution < -0.4 is 0 Å². The van der Waals surface area contributed by atoms with Crippen LogP contribution in [0, 0.1) is 0 Å². The molecule has 0 aliphatic heterocycles. The van der Waals surface area contributed by atoms with Crippen LogP contribution in [0.3, 0.4) is 0 Å². The van der Waals surface area contributed by atoms with E-state index >= 15 is 0 Å². The van der Waals surface area contributed by atoms with Crippen LogP contribution in [-0.4, -0.2) is 9.97 Å². The Morgan fingerprint density at radius 2 is 0.859 bits per heavy atom. The van der Waals surface area contributed by atoms with Gasteiger partial charge in [-0.1, -0.05) is 190 Å². The average Bonchev–Trinajstić information content (AvgIpc) is 3.85. The summed E-state index contributed by atoms with van der Waals surface area (Å²) in [5.41, 5.74) is 19.6. The van der Waals surface area contributed by atoms with E-state index in [0.717, 1.165) is 39.2 Å². The third-order valence-corrected chi connectivity index (χ3v) is 14.3. The van der Waals surface area contributed by atoms with E-state index in [1.807, 2.05) is 17.4 Å². The fourth-order valence-corrected chi connectivity index (χ4v) is 11.0. The number of fused-ring (bicyclic) bond motifs is 6. The van der Waals surface area contributed by atoms with Crippen LogP contribution in [0.5, 0.6) is 0 Å². The smallest absolute Gasteiger partial charge is 0.160 e. The first-order valence-corrected chi connectivity index (χ1v) is 22.8. The number of aromatic nitrogens is 2. The lowest BCUT2D eigenvalue weighted by Gasteiger charge is -2.21. The molecule has 12 rings (SSSR count). The monoisotopic (exact) mass is 834 g/mol. The molecule has 0 radical (unpaired) electrons. The van der Waals surface area contributed by atoms with Gasteiger partial charge in [-0.15, -0.1) is 11.3 Å². The highest BCUT2D eigenvalue weighted by Gasteiger charge is 2.36. The molecular formula is C61H42N2S. The first-order chi connectivity index (χ1) is 31.5. The van der Waals surface area contributed by atoms with Crippen molar-refractivity contribution >= 4 is 31.5 Å². The minimum absolute atomic E-state index is 0.0566. The lowest BCUT2D eigenvalue weighted by molar-refractivity contribution is 0.660. The second-order valence-corrected chi connectivity index (χ2v) is 18.4. The van der Waals surface area contributed by atoms with Gasteiger partial charge in [0.2, 0.25) is 0 Å². The van der Waals surface area contributed by atoms with Crippen LogP contribution >= 0.6 is 11.3 Å². The number of benzene rings is 9. The van der Waals surface area contributed by atoms with Crippen LogP contribution in [-0.2, 0) is 5.41 Å². The predicted molar refractivity (Wildman–Crippen MR) is 271 cm³/mol. The van der Waals surface area contributed by atoms with Crippen molar-refractivity contribution in [3.8, 4) is 89.5 Å². The summed E-state index contributed by atoms with van der Waals surface area (Å²) in [6.07, 6.45) is 0. The second kappa shape index (κ2) is 15.3. The second-order valence-electron chi connectivity index (χ2n) is 17.3. The average molecular weight is 835 g/mol. The van der Waals surface area contributed by atoms with Crippen molar-refractivity contribution in [2.24, 2.45) is 0 Å². The van der Waals surface area contributed by atoms with Crippen molar-refractivity contribution in [1.29, 1.82) is 0 Å². The molecule has 11 aromatic rings. The number of thiophene rings is 1. The minimum Gasteiger partial charge on any atom is -0.228 e. The van der Waals surface area contributed by atoms with Gasteiger partial charge in [-0.25, -0.2) is 9.97 Å². The Morgan fingerprint density at radius 1 is 0.328 bits per heavy atom. The van der Waals surface area contributed by atoms with Gasteiger partial charge in [-0.05, 0) is 109 Å². The minimum atomic E-state index is -0.0566. The Morgan fingerprint density at radius 3 is 1.64 bits per heavy atom. The summed E-state index contributed by atoms with van der Waals surface area (Å²) in [6.45, 7) is 4.68. The highest BCUT2D eigenvalue weighted by Crippen LogP contribution is 2.52. The van der Waals surface area contributed by atoms with Gasteiger partial charge in [0.05, 0.1) is 11.4 Å². The van der Waals surface area contributed by atoms with Crippen LogP contribution in [0.2, 0.25) is 0 Å². The van der Waals surface area contributed by atoms with Gasteiger partial charge < -0.3 is 0 Å². The van der Waals surface area contributed by atoms with Gasteiger partial charge in [0, 0.05) is 42.3 Å². The molecule has 0 fully saturated rings. The van der Waals surface area contributed by atoms with Crippen LogP contribution in [0.4, 0.5) is 0 Å². The molecule has 0 saturated carbocycles. The van der Waals surface area contributed by atoms with E-state index < -0.39 is 0 Å². The molecule has 2 heterocycles. The molecule has 9 aromatic carbocycles. The fraction of sp³-hybridized carbons (Fsp3) is 0.0492. The maximum atomic E-state index is 5.36. The Balaban J connectivity index is 1.03. The zero-order valence-electron chi connectivity index (χ0n) is 35.6. The first-order valence-electron chi connectivity index (χ1n) is 22.0. The Bertz CT molecular complexity index is 3560. The molecule has 0 saturated heterocycles. The maximum absolute atomic E-state index is 5.36. The van der Waals surface area contributed by atoms with Crippen molar-refractivity contribution in [3.63, 3.8) is 0 Å². The summed E-state index contributed by atoms with van der Waals surface area (Å²) < 4.78 is 2.60. The van der Waals surface area contributed by atoms with Crippen LogP contribution in [0.15, 0.2) is 218 Å². The molecule has 302 valence electrons. The topological polar surface area (TPSA) is 25.8 Å². The molecule has 1 aliphatic carbocycles. The lowest BCUT2D eigenvalue weighted by atomic mass is 9.82. The quantitative estimate of drug-likeness (QED) is 0.160. The normalized spacial score (nSPS) is 12.7. The summed E-state index contributed by atoms with van der Waals surface area (Å²) >= 11 is 1.85. The molecule has 0 spiro atoms. The van der Waals surface area contributed by atoms with Crippen LogP contribution in [0.25, 0.3) is 110 Å². The van der Waals surface area contributed by atoms with Gasteiger partial charge >= 0.3 is 0 Å². The van der Waals surface area contributed by atoms with E-state index in [1.54, 1.807) is 0 Å². The molecule has 0 amide bonds. The zero-order chi connectivity index (χ0) is 42.8. The van der Waals surface area contributed by atoms with Crippen molar-refractivity contribution in [2.45, 2.75) is 19.3 Å². The van der Waals surface area contributed by atoms with Gasteiger partial charge in [0.1, 0.15) is 0 Å². The molecule has 0 bridgehead atoms. The number of rotatable bonds is 7. The van der Waals surface area contributed by atoms with E-state index in [2.05, 4.69) is 226 Å². The molecule has 0 unspecified atom stereocenters. The van der Waals surface area contributed by atoms with Gasteiger partial charge in [0.25, 0.3) is 0 Å². The number of hydrogen-bond donors (Lipinski definition) is 0. The number of nitrogens with zero attached hydrogens (tertiary/aromatic N) is 2. The van der Waals surface area contributed by atoms with E-state index in [1.165, 1.54) is 75.8 Å². The summed E-state index contributed by atoms with van der Waals surface area (Å²) in [5, 5.41) is 2.57. The third-order valence-electron chi connectivity index (χ3n) is 13.1. The van der Waals surface area contributed by atoms with E-state index in [9.17, 15) is 0 Å². The summed E-state index contributed by atoms with van der Waals surface area (Å²) in [7, 11) is 0. The highest BCUT2D eigenvalue weighted by atomic mass is 32.1. The predicted octanol–water partition coefficient (Wildman–Crippen LogP) is 16.8. The van der Waals surface area contributed by atoms with Gasteiger partial charge in [-0.2, -0.15) is 0 Å². The molecule has 64 heavy (non-hydrogen) atoms. The van der Waals surface area contributed by atoms with E-state index in [4.69, 9.17) is 9.97 Å². The Hall–Kier alpha value is -7.72. The first kappa shape index (κ1) is 38.0. The lowest BCUT2D eigenvalue weighted by Crippen LogP contribution is -2.14. The van der Waals surface area contributed by atoms with Crippen molar-refractivity contribution in [3.05, 3.63) is 230 Å². The molecule has 1 aliphatic rings. The highest BCUT2D eigenvalue weighted by molar-refractivity contribution is 7.25. The summed E-state index contributed by atoms with van der Waals surface area (Å²) in [6, 6.07) is 79.1. The zero-order valence-corrected chi connectivity index (χ0v) is 36.4. The van der Waals surface area contributed by atoms with Crippen molar-refractivity contribution in [1.82, 2.24) is 9.97 Å². The SMILES string of the molecule is CC1(C)c2ccccc2-c2c(-c3ccc(-c4cc(-c5cc(-c6ccc7sc8ccccc8c7c6)cc(-c6ccccc6-c6ccccc6)c5)nc(-c5ccccc5)n4)cc3)cccc21. The summed E-state index contributed by atoms with van der Waals surface area (Å²) in [4.78, 5) is 10.6. The molecule has 2 nitrogen and oxygen atoms in total. The Kier molecular flexibility index (Phi) is 9.06. The van der Waals surface area contributed by atoms with E-state index in [-0.39, 0.29) is 5.41 Å². The summed E-state index contributed by atoms with van der Waals surface area (Å²) in [5.74, 6) is 0.694. The molecule has 0 N–H and O–H groups in total. The molecular weight excluding hydrogens is 793 g/mol. The third kappa shape index (κ3) is 6.47. The largest absolute Gasteiger partial charge is 0.228 e. The molecule has 2 aromatic heterocycles.